The number of rotatable bonds is 4. The first-order valence-corrected chi connectivity index (χ1v) is 6.13. The van der Waals surface area contributed by atoms with Gasteiger partial charge in [-0.15, -0.1) is 0 Å². The van der Waals surface area contributed by atoms with Gasteiger partial charge >= 0.3 is 0 Å². The van der Waals surface area contributed by atoms with Crippen molar-refractivity contribution in [1.29, 1.82) is 0 Å². The molecular weight excluding hydrogens is 159 g/mol. The molecule has 0 saturated heterocycles. The van der Waals surface area contributed by atoms with E-state index in [1.807, 2.05) is 27.7 Å². The molecule has 0 spiro atoms. The summed E-state index contributed by atoms with van der Waals surface area (Å²) in [6.45, 7) is 7.76. The second kappa shape index (κ2) is 4.27. The normalized spacial score (nSPS) is 19.8. The van der Waals surface area contributed by atoms with Gasteiger partial charge in [0.1, 0.15) is 0 Å². The molecule has 0 radical (unpaired) electrons. The maximum atomic E-state index is 11.5. The van der Waals surface area contributed by atoms with Crippen LogP contribution >= 0.6 is 7.37 Å². The van der Waals surface area contributed by atoms with Crippen molar-refractivity contribution < 1.29 is 9.46 Å². The quantitative estimate of drug-likeness (QED) is 0.672. The van der Waals surface area contributed by atoms with Gasteiger partial charge in [-0.25, -0.2) is 0 Å². The molecule has 0 aromatic carbocycles. The lowest BCUT2D eigenvalue weighted by Gasteiger charge is -2.19. The van der Waals surface area contributed by atoms with Gasteiger partial charge in [0.15, 0.2) is 0 Å². The zero-order chi connectivity index (χ0) is 9.07. The Balaban J connectivity index is 4.10. The van der Waals surface area contributed by atoms with E-state index in [9.17, 15) is 9.46 Å². The molecule has 0 rings (SSSR count). The highest BCUT2D eigenvalue weighted by atomic mass is 31.2. The van der Waals surface area contributed by atoms with Crippen LogP contribution < -0.4 is 0 Å². The Hall–Kier alpha value is 0.190. The molecule has 0 aromatic heterocycles. The minimum atomic E-state index is -2.84. The molecule has 2 nitrogen and oxygen atoms in total. The molecule has 11 heavy (non-hydrogen) atoms. The SMILES string of the molecule is CCC(C)P(=O)(O)CC(C)C. The predicted octanol–water partition coefficient (Wildman–Crippen LogP) is 2.71. The highest BCUT2D eigenvalue weighted by Gasteiger charge is 2.25. The minimum absolute atomic E-state index is 0.0371. The second-order valence-electron chi connectivity index (χ2n) is 3.59. The summed E-state index contributed by atoms with van der Waals surface area (Å²) < 4.78 is 11.5. The topological polar surface area (TPSA) is 37.3 Å². The van der Waals surface area contributed by atoms with Crippen LogP contribution in [-0.2, 0) is 4.57 Å². The maximum Gasteiger partial charge on any atom is 0.203 e. The second-order valence-corrected chi connectivity index (χ2v) is 6.35. The summed E-state index contributed by atoms with van der Waals surface area (Å²) in [5.41, 5.74) is -0.0371. The molecule has 0 amide bonds. The zero-order valence-electron chi connectivity index (χ0n) is 7.87. The monoisotopic (exact) mass is 178 g/mol. The van der Waals surface area contributed by atoms with Crippen LogP contribution in [0.15, 0.2) is 0 Å². The zero-order valence-corrected chi connectivity index (χ0v) is 8.77. The van der Waals surface area contributed by atoms with Gasteiger partial charge in [0.25, 0.3) is 0 Å². The van der Waals surface area contributed by atoms with Crippen molar-refractivity contribution in [2.45, 2.75) is 39.8 Å². The molecule has 0 aliphatic carbocycles. The highest BCUT2D eigenvalue weighted by molar-refractivity contribution is 7.58. The average Bonchev–Trinajstić information content (AvgIpc) is 1.83. The third-order valence-electron chi connectivity index (χ3n) is 1.91. The molecule has 1 N–H and O–H groups in total. The molecule has 3 heteroatoms. The molecule has 0 fully saturated rings. The fourth-order valence-corrected chi connectivity index (χ4v) is 2.97. The summed E-state index contributed by atoms with van der Waals surface area (Å²) in [5, 5.41) is 0. The molecule has 0 bridgehead atoms. The first kappa shape index (κ1) is 11.2. The van der Waals surface area contributed by atoms with Crippen LogP contribution in [0.4, 0.5) is 0 Å². The van der Waals surface area contributed by atoms with E-state index in [1.165, 1.54) is 0 Å². The average molecular weight is 178 g/mol. The van der Waals surface area contributed by atoms with E-state index >= 15 is 0 Å². The first-order valence-electron chi connectivity index (χ1n) is 4.21. The van der Waals surface area contributed by atoms with Gasteiger partial charge in [-0.05, 0) is 12.3 Å². The maximum absolute atomic E-state index is 11.5. The van der Waals surface area contributed by atoms with Gasteiger partial charge in [-0.2, -0.15) is 0 Å². The van der Waals surface area contributed by atoms with Crippen molar-refractivity contribution in [2.24, 2.45) is 5.92 Å². The molecule has 2 atom stereocenters. The van der Waals surface area contributed by atoms with E-state index in [-0.39, 0.29) is 5.66 Å². The Labute approximate surface area is 69.5 Å². The van der Waals surface area contributed by atoms with E-state index in [0.717, 1.165) is 6.42 Å². The van der Waals surface area contributed by atoms with Crippen LogP contribution in [0.5, 0.6) is 0 Å². The molecule has 0 heterocycles. The van der Waals surface area contributed by atoms with Crippen molar-refractivity contribution in [3.8, 4) is 0 Å². The van der Waals surface area contributed by atoms with Crippen molar-refractivity contribution in [3.05, 3.63) is 0 Å². The Morgan fingerprint density at radius 3 is 2.09 bits per heavy atom. The molecule has 2 unspecified atom stereocenters. The summed E-state index contributed by atoms with van der Waals surface area (Å²) in [4.78, 5) is 9.51. The lowest BCUT2D eigenvalue weighted by Crippen LogP contribution is -2.08. The van der Waals surface area contributed by atoms with Crippen molar-refractivity contribution in [3.63, 3.8) is 0 Å². The third kappa shape index (κ3) is 3.93. The first-order chi connectivity index (χ1) is 4.90. The van der Waals surface area contributed by atoms with Crippen molar-refractivity contribution >= 4 is 7.37 Å². The fourth-order valence-electron chi connectivity index (χ4n) is 0.988. The van der Waals surface area contributed by atoms with E-state index in [1.54, 1.807) is 0 Å². The van der Waals surface area contributed by atoms with Crippen LogP contribution in [-0.4, -0.2) is 16.7 Å². The predicted molar refractivity (Wildman–Crippen MR) is 49.3 cm³/mol. The third-order valence-corrected chi connectivity index (χ3v) is 4.90. The van der Waals surface area contributed by atoms with Gasteiger partial charge < -0.3 is 4.89 Å². The fraction of sp³-hybridized carbons (Fsp3) is 1.00. The summed E-state index contributed by atoms with van der Waals surface area (Å²) in [7, 11) is -2.84. The van der Waals surface area contributed by atoms with E-state index in [2.05, 4.69) is 0 Å². The van der Waals surface area contributed by atoms with Gasteiger partial charge in [0.2, 0.25) is 7.37 Å². The highest BCUT2D eigenvalue weighted by Crippen LogP contribution is 2.48. The van der Waals surface area contributed by atoms with E-state index < -0.39 is 7.37 Å². The molecule has 0 aliphatic rings. The Kier molecular flexibility index (Phi) is 4.35. The largest absolute Gasteiger partial charge is 0.344 e. The Bertz CT molecular complexity index is 154. The van der Waals surface area contributed by atoms with Crippen LogP contribution in [0.3, 0.4) is 0 Å². The molecule has 0 aromatic rings. The summed E-state index contributed by atoms with van der Waals surface area (Å²) >= 11 is 0. The van der Waals surface area contributed by atoms with Crippen molar-refractivity contribution in [1.82, 2.24) is 0 Å². The van der Waals surface area contributed by atoms with Gasteiger partial charge in [-0.1, -0.05) is 27.7 Å². The number of hydrogen-bond donors (Lipinski definition) is 1. The van der Waals surface area contributed by atoms with Crippen LogP contribution in [0.2, 0.25) is 0 Å². The Morgan fingerprint density at radius 1 is 1.36 bits per heavy atom. The molecule has 68 valence electrons. The van der Waals surface area contributed by atoms with Crippen LogP contribution in [0, 0.1) is 5.92 Å². The van der Waals surface area contributed by atoms with E-state index in [4.69, 9.17) is 0 Å². The minimum Gasteiger partial charge on any atom is -0.344 e. The summed E-state index contributed by atoms with van der Waals surface area (Å²) in [6.07, 6.45) is 1.25. The summed E-state index contributed by atoms with van der Waals surface area (Å²) in [5.74, 6) is 0.319. The van der Waals surface area contributed by atoms with Crippen molar-refractivity contribution in [2.75, 3.05) is 6.16 Å². The van der Waals surface area contributed by atoms with Gasteiger partial charge in [0.05, 0.1) is 0 Å². The van der Waals surface area contributed by atoms with Crippen LogP contribution in [0.1, 0.15) is 34.1 Å². The lowest BCUT2D eigenvalue weighted by molar-refractivity contribution is 0.454. The molecule has 0 aliphatic heterocycles. The molecule has 0 saturated carbocycles. The van der Waals surface area contributed by atoms with E-state index in [0.29, 0.717) is 12.1 Å². The van der Waals surface area contributed by atoms with Gasteiger partial charge in [0, 0.05) is 11.8 Å². The standard InChI is InChI=1S/C8H19O2P/c1-5-8(4)11(9,10)6-7(2)3/h7-8H,5-6H2,1-4H3,(H,9,10). The molecular formula is C8H19O2P. The van der Waals surface area contributed by atoms with Gasteiger partial charge in [-0.3, -0.25) is 4.57 Å². The Morgan fingerprint density at radius 2 is 1.82 bits per heavy atom. The number of hydrogen-bond acceptors (Lipinski definition) is 1. The smallest absolute Gasteiger partial charge is 0.203 e. The lowest BCUT2D eigenvalue weighted by atomic mass is 10.3. The summed E-state index contributed by atoms with van der Waals surface area (Å²) in [6, 6.07) is 0. The van der Waals surface area contributed by atoms with Crippen LogP contribution in [0.25, 0.3) is 0 Å².